The zero-order valence-electron chi connectivity index (χ0n) is 17.6. The van der Waals surface area contributed by atoms with Crippen molar-refractivity contribution in [3.8, 4) is 11.8 Å². The summed E-state index contributed by atoms with van der Waals surface area (Å²) in [6, 6.07) is 9.05. The number of unbranched alkanes of at least 4 members (excludes halogenated alkanes) is 6. The van der Waals surface area contributed by atoms with Gasteiger partial charge in [0.15, 0.2) is 5.88 Å². The van der Waals surface area contributed by atoms with E-state index >= 15 is 0 Å². The molecule has 0 spiro atoms. The molecule has 0 aliphatic carbocycles. The van der Waals surface area contributed by atoms with Crippen LogP contribution in [-0.2, 0) is 6.54 Å². The van der Waals surface area contributed by atoms with Gasteiger partial charge in [0.2, 0.25) is 5.88 Å². The lowest BCUT2D eigenvalue weighted by Gasteiger charge is -2.08. The highest BCUT2D eigenvalue weighted by Crippen LogP contribution is 2.35. The Kier molecular flexibility index (Phi) is 9.98. The Morgan fingerprint density at radius 1 is 1.03 bits per heavy atom. The van der Waals surface area contributed by atoms with E-state index in [1.54, 1.807) is 10.6 Å². The van der Waals surface area contributed by atoms with Gasteiger partial charge in [0.25, 0.3) is 5.91 Å². The fraction of sp³-hybridized carbons (Fsp3) is 0.522. The molecule has 0 saturated carbocycles. The summed E-state index contributed by atoms with van der Waals surface area (Å²) in [6.45, 7) is 5.31. The van der Waals surface area contributed by atoms with E-state index in [1.807, 2.05) is 31.2 Å². The molecule has 1 amide bonds. The van der Waals surface area contributed by atoms with Gasteiger partial charge in [0.1, 0.15) is 0 Å². The molecular weight excluding hydrogens is 384 g/mol. The molecule has 0 unspecified atom stereocenters. The summed E-state index contributed by atoms with van der Waals surface area (Å²) in [6.07, 6.45) is 8.34. The van der Waals surface area contributed by atoms with Crippen molar-refractivity contribution in [2.75, 3.05) is 12.3 Å². The molecule has 5 nitrogen and oxygen atoms in total. The van der Waals surface area contributed by atoms with E-state index in [4.69, 9.17) is 0 Å². The van der Waals surface area contributed by atoms with Crippen molar-refractivity contribution >= 4 is 17.7 Å². The van der Waals surface area contributed by atoms with Gasteiger partial charge in [-0.1, -0.05) is 63.1 Å². The van der Waals surface area contributed by atoms with Crippen molar-refractivity contribution in [2.45, 2.75) is 70.2 Å². The largest absolute Gasteiger partial charge is 0.494 e. The van der Waals surface area contributed by atoms with Gasteiger partial charge in [-0.3, -0.25) is 9.36 Å². The van der Waals surface area contributed by atoms with Crippen molar-refractivity contribution < 1.29 is 15.0 Å². The molecule has 0 radical (unpaired) electrons. The lowest BCUT2D eigenvalue weighted by Crippen LogP contribution is -2.25. The number of hydrogen-bond donors (Lipinski definition) is 3. The Balaban J connectivity index is 1.71. The van der Waals surface area contributed by atoms with Gasteiger partial charge >= 0.3 is 0 Å². The SMILES string of the molecule is CCCCCCCCCn1c(O)cc(SCCNC(=O)c2ccc(C)cc2)c1O. The maximum atomic E-state index is 12.1. The van der Waals surface area contributed by atoms with Crippen molar-refractivity contribution in [3.63, 3.8) is 0 Å². The highest BCUT2D eigenvalue weighted by atomic mass is 32.2. The monoisotopic (exact) mass is 418 g/mol. The minimum Gasteiger partial charge on any atom is -0.494 e. The lowest BCUT2D eigenvalue weighted by molar-refractivity contribution is 0.0956. The first-order valence-electron chi connectivity index (χ1n) is 10.6. The fourth-order valence-corrected chi connectivity index (χ4v) is 4.04. The Hall–Kier alpha value is -2.08. The first-order chi connectivity index (χ1) is 14.0. The summed E-state index contributed by atoms with van der Waals surface area (Å²) >= 11 is 1.43. The molecule has 1 aromatic heterocycles. The average molecular weight is 419 g/mol. The van der Waals surface area contributed by atoms with Crippen molar-refractivity contribution in [1.29, 1.82) is 0 Å². The molecular formula is C23H34N2O3S. The first kappa shape index (κ1) is 23.2. The Bertz CT molecular complexity index is 756. The van der Waals surface area contributed by atoms with E-state index < -0.39 is 0 Å². The van der Waals surface area contributed by atoms with Crippen LogP contribution in [0.2, 0.25) is 0 Å². The van der Waals surface area contributed by atoms with Crippen LogP contribution in [0.4, 0.5) is 0 Å². The van der Waals surface area contributed by atoms with Crippen LogP contribution >= 0.6 is 11.8 Å². The number of amides is 1. The molecule has 6 heteroatoms. The van der Waals surface area contributed by atoms with Crippen LogP contribution in [-0.4, -0.2) is 33.0 Å². The van der Waals surface area contributed by atoms with Crippen LogP contribution in [0.1, 0.15) is 67.8 Å². The molecule has 29 heavy (non-hydrogen) atoms. The normalized spacial score (nSPS) is 11.0. The molecule has 0 atom stereocenters. The molecule has 2 aromatic rings. The number of nitrogens with one attached hydrogen (secondary N) is 1. The van der Waals surface area contributed by atoms with Gasteiger partial charge in [0, 0.05) is 30.5 Å². The standard InChI is InChI=1S/C23H34N2O3S/c1-3-4-5-6-7-8-9-15-25-21(26)17-20(23(25)28)29-16-14-24-22(27)19-12-10-18(2)11-13-19/h10-13,17,26,28H,3-9,14-16H2,1-2H3,(H,24,27). The topological polar surface area (TPSA) is 74.5 Å². The van der Waals surface area contributed by atoms with Gasteiger partial charge in [-0.15, -0.1) is 11.8 Å². The van der Waals surface area contributed by atoms with Crippen LogP contribution in [0.5, 0.6) is 11.8 Å². The van der Waals surface area contributed by atoms with E-state index in [-0.39, 0.29) is 17.7 Å². The maximum absolute atomic E-state index is 12.1. The van der Waals surface area contributed by atoms with E-state index in [0.29, 0.717) is 29.3 Å². The number of carbonyl (C=O) groups excluding carboxylic acids is 1. The van der Waals surface area contributed by atoms with Crippen molar-refractivity contribution in [3.05, 3.63) is 41.5 Å². The summed E-state index contributed by atoms with van der Waals surface area (Å²) < 4.78 is 1.57. The van der Waals surface area contributed by atoms with Crippen molar-refractivity contribution in [2.24, 2.45) is 0 Å². The number of nitrogens with zero attached hydrogens (tertiary/aromatic N) is 1. The van der Waals surface area contributed by atoms with Gasteiger partial charge in [-0.05, 0) is 25.5 Å². The van der Waals surface area contributed by atoms with Crippen LogP contribution in [0.15, 0.2) is 35.2 Å². The van der Waals surface area contributed by atoms with Gasteiger partial charge in [-0.25, -0.2) is 0 Å². The summed E-state index contributed by atoms with van der Waals surface area (Å²) in [5, 5.41) is 23.4. The Labute approximate surface area is 178 Å². The summed E-state index contributed by atoms with van der Waals surface area (Å²) in [5.41, 5.74) is 1.76. The second-order valence-corrected chi connectivity index (χ2v) is 8.57. The maximum Gasteiger partial charge on any atom is 0.251 e. The summed E-state index contributed by atoms with van der Waals surface area (Å²) in [7, 11) is 0. The number of carbonyl (C=O) groups is 1. The third kappa shape index (κ3) is 7.69. The molecule has 160 valence electrons. The van der Waals surface area contributed by atoms with Crippen molar-refractivity contribution in [1.82, 2.24) is 9.88 Å². The number of aromatic hydroxyl groups is 2. The minimum atomic E-state index is -0.103. The molecule has 0 aliphatic heterocycles. The second-order valence-electron chi connectivity index (χ2n) is 7.43. The zero-order valence-corrected chi connectivity index (χ0v) is 18.4. The number of hydrogen-bond acceptors (Lipinski definition) is 4. The van der Waals surface area contributed by atoms with Gasteiger partial charge in [-0.2, -0.15) is 0 Å². The highest BCUT2D eigenvalue weighted by Gasteiger charge is 2.14. The molecule has 1 heterocycles. The van der Waals surface area contributed by atoms with Gasteiger partial charge in [0.05, 0.1) is 4.90 Å². The summed E-state index contributed by atoms with van der Waals surface area (Å²) in [5.74, 6) is 0.726. The fourth-order valence-electron chi connectivity index (χ4n) is 3.19. The molecule has 0 aliphatic rings. The Morgan fingerprint density at radius 2 is 1.69 bits per heavy atom. The predicted molar refractivity (Wildman–Crippen MR) is 120 cm³/mol. The number of aromatic nitrogens is 1. The average Bonchev–Trinajstić information content (AvgIpc) is 2.98. The predicted octanol–water partition coefficient (Wildman–Crippen LogP) is 5.48. The van der Waals surface area contributed by atoms with E-state index in [1.165, 1.54) is 43.9 Å². The molecule has 0 fully saturated rings. The number of benzene rings is 1. The first-order valence-corrected chi connectivity index (χ1v) is 11.6. The molecule has 0 bridgehead atoms. The number of rotatable bonds is 13. The minimum absolute atomic E-state index is 0.0969. The van der Waals surface area contributed by atoms with Gasteiger partial charge < -0.3 is 15.5 Å². The number of aryl methyl sites for hydroxylation is 1. The van der Waals surface area contributed by atoms with E-state index in [9.17, 15) is 15.0 Å². The second kappa shape index (κ2) is 12.5. The third-order valence-electron chi connectivity index (χ3n) is 4.96. The Morgan fingerprint density at radius 3 is 2.38 bits per heavy atom. The molecule has 0 saturated heterocycles. The highest BCUT2D eigenvalue weighted by molar-refractivity contribution is 7.99. The smallest absolute Gasteiger partial charge is 0.251 e. The molecule has 2 rings (SSSR count). The molecule has 1 aromatic carbocycles. The van der Waals surface area contributed by atoms with Crippen LogP contribution in [0, 0.1) is 6.92 Å². The van der Waals surface area contributed by atoms with E-state index in [2.05, 4.69) is 12.2 Å². The van der Waals surface area contributed by atoms with Crippen LogP contribution in [0.3, 0.4) is 0 Å². The third-order valence-corrected chi connectivity index (χ3v) is 5.98. The quantitative estimate of drug-likeness (QED) is 0.297. The summed E-state index contributed by atoms with van der Waals surface area (Å²) in [4.78, 5) is 12.8. The van der Waals surface area contributed by atoms with Crippen LogP contribution in [0.25, 0.3) is 0 Å². The number of thioether (sulfide) groups is 1. The van der Waals surface area contributed by atoms with Crippen LogP contribution < -0.4 is 5.32 Å². The molecule has 3 N–H and O–H groups in total. The zero-order chi connectivity index (χ0) is 21.1. The lowest BCUT2D eigenvalue weighted by atomic mass is 10.1. The van der Waals surface area contributed by atoms with E-state index in [0.717, 1.165) is 18.4 Å².